The number of carbonyl (C=O) groups excluding carboxylic acids is 2. The third-order valence-corrected chi connectivity index (χ3v) is 4.40. The molecule has 1 N–H and O–H groups in total. The zero-order chi connectivity index (χ0) is 17.8. The van der Waals surface area contributed by atoms with E-state index in [1.807, 2.05) is 38.1 Å². The average Bonchev–Trinajstić information content (AvgIpc) is 2.98. The van der Waals surface area contributed by atoms with Crippen LogP contribution in [0.3, 0.4) is 0 Å². The van der Waals surface area contributed by atoms with Crippen LogP contribution in [0.4, 0.5) is 16.3 Å². The van der Waals surface area contributed by atoms with Gasteiger partial charge < -0.3 is 10.2 Å². The minimum Gasteiger partial charge on any atom is -0.324 e. The van der Waals surface area contributed by atoms with Crippen molar-refractivity contribution in [2.75, 3.05) is 29.9 Å². The Morgan fingerprint density at radius 3 is 2.64 bits per heavy atom. The average molecular weight is 338 g/mol. The van der Waals surface area contributed by atoms with Crippen LogP contribution in [0.15, 0.2) is 42.6 Å². The molecule has 1 aliphatic heterocycles. The van der Waals surface area contributed by atoms with Crippen LogP contribution in [0, 0.1) is 6.92 Å². The van der Waals surface area contributed by atoms with Crippen LogP contribution in [-0.4, -0.2) is 41.5 Å². The number of urea groups is 1. The number of aromatic nitrogens is 1. The minimum absolute atomic E-state index is 0.0219. The third kappa shape index (κ3) is 3.79. The molecule has 0 bridgehead atoms. The molecule has 1 fully saturated rings. The van der Waals surface area contributed by atoms with Crippen LogP contribution in [0.25, 0.3) is 0 Å². The predicted octanol–water partition coefficient (Wildman–Crippen LogP) is 2.83. The van der Waals surface area contributed by atoms with E-state index in [0.717, 1.165) is 11.1 Å². The van der Waals surface area contributed by atoms with Gasteiger partial charge in [-0.25, -0.2) is 9.78 Å². The maximum absolute atomic E-state index is 12.2. The van der Waals surface area contributed by atoms with Gasteiger partial charge in [0.1, 0.15) is 5.82 Å². The van der Waals surface area contributed by atoms with Gasteiger partial charge in [-0.1, -0.05) is 24.3 Å². The topological polar surface area (TPSA) is 65.5 Å². The second-order valence-electron chi connectivity index (χ2n) is 6.07. The molecule has 25 heavy (non-hydrogen) atoms. The van der Waals surface area contributed by atoms with Crippen LogP contribution >= 0.6 is 0 Å². The normalized spacial score (nSPS) is 14.1. The first-order valence-electron chi connectivity index (χ1n) is 8.45. The van der Waals surface area contributed by atoms with E-state index in [1.165, 1.54) is 0 Å². The number of pyridine rings is 1. The van der Waals surface area contributed by atoms with Gasteiger partial charge in [0.25, 0.3) is 0 Å². The van der Waals surface area contributed by atoms with Crippen LogP contribution in [0.1, 0.15) is 18.1 Å². The number of likely N-dealkylation sites (N-methyl/N-ethyl adjacent to an activating group) is 1. The molecular weight excluding hydrogens is 316 g/mol. The largest absolute Gasteiger partial charge is 0.325 e. The highest BCUT2D eigenvalue weighted by Crippen LogP contribution is 2.19. The molecule has 6 heteroatoms. The number of hydrogen-bond donors (Lipinski definition) is 1. The first-order chi connectivity index (χ1) is 12.1. The summed E-state index contributed by atoms with van der Waals surface area (Å²) < 4.78 is 0. The number of anilines is 2. The van der Waals surface area contributed by atoms with Gasteiger partial charge in [-0.2, -0.15) is 0 Å². The number of nitrogens with zero attached hydrogens (tertiary/aromatic N) is 3. The maximum Gasteiger partial charge on any atom is 0.325 e. The monoisotopic (exact) mass is 338 g/mol. The van der Waals surface area contributed by atoms with Crippen molar-refractivity contribution in [2.45, 2.75) is 20.3 Å². The van der Waals surface area contributed by atoms with Crippen molar-refractivity contribution < 1.29 is 9.59 Å². The van der Waals surface area contributed by atoms with Crippen molar-refractivity contribution in [1.29, 1.82) is 0 Å². The zero-order valence-corrected chi connectivity index (χ0v) is 14.5. The quantitative estimate of drug-likeness (QED) is 0.912. The SMILES string of the molecule is CCN1CCN(c2ccc(NC(=O)Cc3ccccc3C)cn2)C1=O. The van der Waals surface area contributed by atoms with Gasteiger partial charge >= 0.3 is 6.03 Å². The van der Waals surface area contributed by atoms with E-state index in [1.54, 1.807) is 28.1 Å². The van der Waals surface area contributed by atoms with Gasteiger partial charge in [0, 0.05) is 19.6 Å². The van der Waals surface area contributed by atoms with E-state index in [-0.39, 0.29) is 11.9 Å². The third-order valence-electron chi connectivity index (χ3n) is 4.40. The highest BCUT2D eigenvalue weighted by molar-refractivity contribution is 5.94. The van der Waals surface area contributed by atoms with E-state index in [4.69, 9.17) is 0 Å². The molecule has 3 rings (SSSR count). The number of hydrogen-bond acceptors (Lipinski definition) is 3. The molecule has 0 aliphatic carbocycles. The van der Waals surface area contributed by atoms with Crippen molar-refractivity contribution in [1.82, 2.24) is 9.88 Å². The molecule has 1 aliphatic rings. The molecule has 1 saturated heterocycles. The van der Waals surface area contributed by atoms with Gasteiger partial charge in [-0.05, 0) is 37.1 Å². The summed E-state index contributed by atoms with van der Waals surface area (Å²) in [6.07, 6.45) is 1.91. The molecule has 0 radical (unpaired) electrons. The molecule has 0 saturated carbocycles. The van der Waals surface area contributed by atoms with Crippen LogP contribution in [0.2, 0.25) is 0 Å². The lowest BCUT2D eigenvalue weighted by Gasteiger charge is -2.16. The van der Waals surface area contributed by atoms with Crippen molar-refractivity contribution in [2.24, 2.45) is 0 Å². The van der Waals surface area contributed by atoms with E-state index in [0.29, 0.717) is 37.6 Å². The maximum atomic E-state index is 12.2. The van der Waals surface area contributed by atoms with Crippen molar-refractivity contribution in [3.63, 3.8) is 0 Å². The minimum atomic E-state index is -0.0849. The fraction of sp³-hybridized carbons (Fsp3) is 0.316. The molecule has 3 amide bonds. The van der Waals surface area contributed by atoms with Gasteiger partial charge in [0.2, 0.25) is 5.91 Å². The molecule has 2 heterocycles. The Morgan fingerprint density at radius 2 is 2.00 bits per heavy atom. The Hall–Kier alpha value is -2.89. The Morgan fingerprint density at radius 1 is 1.20 bits per heavy atom. The van der Waals surface area contributed by atoms with E-state index < -0.39 is 0 Å². The van der Waals surface area contributed by atoms with Crippen LogP contribution < -0.4 is 10.2 Å². The van der Waals surface area contributed by atoms with Gasteiger partial charge in [0.05, 0.1) is 18.3 Å². The van der Waals surface area contributed by atoms with Crippen molar-refractivity contribution >= 4 is 23.4 Å². The summed E-state index contributed by atoms with van der Waals surface area (Å²) in [7, 11) is 0. The summed E-state index contributed by atoms with van der Waals surface area (Å²) in [6.45, 7) is 6.00. The number of nitrogens with one attached hydrogen (secondary N) is 1. The van der Waals surface area contributed by atoms with Gasteiger partial charge in [-0.15, -0.1) is 0 Å². The molecule has 6 nitrogen and oxygen atoms in total. The molecule has 0 unspecified atom stereocenters. The summed E-state index contributed by atoms with van der Waals surface area (Å²) in [5.41, 5.74) is 2.73. The Balaban J connectivity index is 1.62. The molecule has 1 aromatic heterocycles. The van der Waals surface area contributed by atoms with Crippen molar-refractivity contribution in [3.8, 4) is 0 Å². The molecule has 0 spiro atoms. The summed E-state index contributed by atoms with van der Waals surface area (Å²) in [6, 6.07) is 11.4. The summed E-state index contributed by atoms with van der Waals surface area (Å²) >= 11 is 0. The first-order valence-corrected chi connectivity index (χ1v) is 8.45. The highest BCUT2D eigenvalue weighted by Gasteiger charge is 2.28. The van der Waals surface area contributed by atoms with Crippen molar-refractivity contribution in [3.05, 3.63) is 53.7 Å². The fourth-order valence-corrected chi connectivity index (χ4v) is 2.89. The zero-order valence-electron chi connectivity index (χ0n) is 14.5. The Kier molecular flexibility index (Phi) is 4.97. The second-order valence-corrected chi connectivity index (χ2v) is 6.07. The molecule has 130 valence electrons. The lowest BCUT2D eigenvalue weighted by atomic mass is 10.1. The number of benzene rings is 1. The number of rotatable bonds is 5. The fourth-order valence-electron chi connectivity index (χ4n) is 2.89. The Labute approximate surface area is 147 Å². The van der Waals surface area contributed by atoms with E-state index in [2.05, 4.69) is 10.3 Å². The summed E-state index contributed by atoms with van der Waals surface area (Å²) in [4.78, 5) is 32.1. The summed E-state index contributed by atoms with van der Waals surface area (Å²) in [5, 5.41) is 2.85. The molecular formula is C19H22N4O2. The highest BCUT2D eigenvalue weighted by atomic mass is 16.2. The predicted molar refractivity (Wildman–Crippen MR) is 97.7 cm³/mol. The molecule has 2 aromatic rings. The molecule has 0 atom stereocenters. The van der Waals surface area contributed by atoms with Crippen LogP contribution in [0.5, 0.6) is 0 Å². The second kappa shape index (κ2) is 7.34. The van der Waals surface area contributed by atoms with Gasteiger partial charge in [-0.3, -0.25) is 9.69 Å². The smallest absolute Gasteiger partial charge is 0.324 e. The lowest BCUT2D eigenvalue weighted by Crippen LogP contribution is -2.32. The number of aryl methyl sites for hydroxylation is 1. The Bertz CT molecular complexity index is 773. The van der Waals surface area contributed by atoms with Crippen LogP contribution in [-0.2, 0) is 11.2 Å². The standard InChI is InChI=1S/C19H22N4O2/c1-3-22-10-11-23(19(22)25)17-9-8-16(13-20-17)21-18(24)12-15-7-5-4-6-14(15)2/h4-9,13H,3,10-12H2,1-2H3,(H,21,24). The van der Waals surface area contributed by atoms with E-state index >= 15 is 0 Å². The van der Waals surface area contributed by atoms with E-state index in [9.17, 15) is 9.59 Å². The lowest BCUT2D eigenvalue weighted by molar-refractivity contribution is -0.115. The number of carbonyl (C=O) groups is 2. The number of amides is 3. The van der Waals surface area contributed by atoms with Gasteiger partial charge in [0.15, 0.2) is 0 Å². The summed E-state index contributed by atoms with van der Waals surface area (Å²) in [5.74, 6) is 0.524. The molecule has 1 aromatic carbocycles. The first kappa shape index (κ1) is 17.0.